The van der Waals surface area contributed by atoms with Gasteiger partial charge in [-0.15, -0.1) is 53.0 Å². The summed E-state index contributed by atoms with van der Waals surface area (Å²) in [6, 6.07) is 36.1. The zero-order valence-corrected chi connectivity index (χ0v) is 20.8. The summed E-state index contributed by atoms with van der Waals surface area (Å²) in [6.07, 6.45) is 1.73. The van der Waals surface area contributed by atoms with E-state index < -0.39 is 0 Å². The summed E-state index contributed by atoms with van der Waals surface area (Å²) in [5.41, 5.74) is 3.39. The fourth-order valence-corrected chi connectivity index (χ4v) is 4.59. The summed E-state index contributed by atoms with van der Waals surface area (Å²) in [6.45, 7) is 0. The van der Waals surface area contributed by atoms with E-state index in [1.807, 2.05) is 91.1 Å². The van der Waals surface area contributed by atoms with Crippen LogP contribution in [0.25, 0.3) is 16.9 Å². The molecule has 0 atom stereocenters. The average Bonchev–Trinajstić information content (AvgIpc) is 3.53. The third-order valence-electron chi connectivity index (χ3n) is 5.14. The van der Waals surface area contributed by atoms with Gasteiger partial charge in [-0.05, 0) is 24.3 Å². The first-order chi connectivity index (χ1) is 16.3. The molecule has 0 radical (unpaired) electrons. The second-order valence-corrected chi connectivity index (χ2v) is 8.50. The van der Waals surface area contributed by atoms with Crippen molar-refractivity contribution >= 4 is 23.3 Å². The average molecular weight is 640 g/mol. The Labute approximate surface area is 216 Å². The number of nitrogens with zero attached hydrogens (tertiary/aromatic N) is 3. The number of benzene rings is 4. The van der Waals surface area contributed by atoms with Gasteiger partial charge in [-0.25, -0.2) is 4.68 Å². The Kier molecular flexibility index (Phi) is 6.57. The molecule has 1 aliphatic heterocycles. The third kappa shape index (κ3) is 4.67. The van der Waals surface area contributed by atoms with Gasteiger partial charge in [0, 0.05) is 28.3 Å². The van der Waals surface area contributed by atoms with Crippen molar-refractivity contribution in [1.82, 2.24) is 15.0 Å². The van der Waals surface area contributed by atoms with E-state index in [9.17, 15) is 0 Å². The van der Waals surface area contributed by atoms with Crippen molar-refractivity contribution in [2.24, 2.45) is 0 Å². The van der Waals surface area contributed by atoms with Crippen LogP contribution in [-0.2, 0) is 21.1 Å². The topological polar surface area (TPSA) is 49.2 Å². The Morgan fingerprint density at radius 1 is 0.824 bits per heavy atom. The number of aromatic nitrogens is 3. The zero-order valence-electron chi connectivity index (χ0n) is 17.7. The Hall–Kier alpha value is -3.28. The van der Waals surface area contributed by atoms with Gasteiger partial charge in [0.15, 0.2) is 0 Å². The molecule has 4 aromatic carbocycles. The van der Waals surface area contributed by atoms with Crippen LogP contribution < -0.4 is 14.9 Å². The summed E-state index contributed by atoms with van der Waals surface area (Å²) in [5.74, 6) is 2.09. The molecule has 0 N–H and O–H groups in total. The van der Waals surface area contributed by atoms with Crippen molar-refractivity contribution in [1.29, 1.82) is 0 Å². The predicted octanol–water partition coefficient (Wildman–Crippen LogP) is 5.20. The number of ether oxygens (including phenoxy) is 1. The number of hydrogen-bond acceptors (Lipinski definition) is 5. The van der Waals surface area contributed by atoms with Crippen LogP contribution in [0.1, 0.15) is 0 Å². The molecule has 5 nitrogen and oxygen atoms in total. The van der Waals surface area contributed by atoms with Crippen LogP contribution >= 0.6 is 11.6 Å². The molecule has 8 heteroatoms. The van der Waals surface area contributed by atoms with Gasteiger partial charge in [-0.3, -0.25) is 0 Å². The fourth-order valence-electron chi connectivity index (χ4n) is 3.56. The van der Waals surface area contributed by atoms with Gasteiger partial charge in [0.25, 0.3) is 0 Å². The standard InChI is InChI=1S/C26H16BN3O2S.Pt/c1-2-10-21(11-3-1)30-18-24(28-29-30)19-8-6-12-22(16-19)31-23-13-7-9-20(17-23)27-32-25-14-4-5-15-26(25)33-27;/h1-15,18H;/q-2;+2. The van der Waals surface area contributed by atoms with E-state index in [0.29, 0.717) is 11.5 Å². The van der Waals surface area contributed by atoms with Gasteiger partial charge in [0.05, 0.1) is 5.69 Å². The van der Waals surface area contributed by atoms with Crippen molar-refractivity contribution in [2.45, 2.75) is 4.90 Å². The number of rotatable bonds is 5. The van der Waals surface area contributed by atoms with Crippen molar-refractivity contribution in [3.8, 4) is 34.2 Å². The van der Waals surface area contributed by atoms with E-state index in [2.05, 4.69) is 28.5 Å². The number of hydrogen-bond donors (Lipinski definition) is 0. The monoisotopic (exact) mass is 640 g/mol. The summed E-state index contributed by atoms with van der Waals surface area (Å²) >= 11 is 1.67. The SMILES string of the molecule is [Pt+2].[c-]1c(Oc2[c-]c(-c3cn(-c4ccccc4)nn3)ccc2)cccc1B1Oc2ccccc2S1. The molecular weight excluding hydrogens is 624 g/mol. The van der Waals surface area contributed by atoms with Gasteiger partial charge in [-0.2, -0.15) is 17.2 Å². The molecule has 0 saturated heterocycles. The molecule has 0 fully saturated rings. The smallest absolute Gasteiger partial charge is 0.547 e. The molecule has 1 aromatic heterocycles. The minimum absolute atomic E-state index is 0. The van der Waals surface area contributed by atoms with Crippen LogP contribution in [0.3, 0.4) is 0 Å². The molecule has 0 spiro atoms. The van der Waals surface area contributed by atoms with Gasteiger partial charge in [-0.1, -0.05) is 41.6 Å². The third-order valence-corrected chi connectivity index (χ3v) is 6.30. The molecule has 2 heterocycles. The van der Waals surface area contributed by atoms with Gasteiger partial charge in [0.2, 0.25) is 0 Å². The first-order valence-electron chi connectivity index (χ1n) is 10.4. The normalized spacial score (nSPS) is 11.9. The van der Waals surface area contributed by atoms with Crippen LogP contribution in [0, 0.1) is 12.1 Å². The van der Waals surface area contributed by atoms with Crippen LogP contribution in [0.4, 0.5) is 0 Å². The summed E-state index contributed by atoms with van der Waals surface area (Å²) in [5, 5.41) is 8.53. The van der Waals surface area contributed by atoms with Crippen LogP contribution in [0.15, 0.2) is 102 Å². The van der Waals surface area contributed by atoms with Gasteiger partial charge < -0.3 is 9.39 Å². The number of fused-ring (bicyclic) bond motifs is 1. The largest absolute Gasteiger partial charge is 2.00 e. The molecule has 0 bridgehead atoms. The summed E-state index contributed by atoms with van der Waals surface area (Å²) in [4.78, 5) is 1.13. The van der Waals surface area contributed by atoms with Gasteiger partial charge in [0.1, 0.15) is 5.75 Å². The Balaban J connectivity index is 0.00000241. The first kappa shape index (κ1) is 22.5. The van der Waals surface area contributed by atoms with Crippen LogP contribution in [0.2, 0.25) is 0 Å². The fraction of sp³-hybridized carbons (Fsp3) is 0. The van der Waals surface area contributed by atoms with Crippen LogP contribution in [-0.4, -0.2) is 21.2 Å². The van der Waals surface area contributed by atoms with Crippen molar-refractivity contribution in [3.05, 3.63) is 109 Å². The molecule has 0 unspecified atom stereocenters. The molecule has 6 rings (SSSR count). The van der Waals surface area contributed by atoms with Crippen molar-refractivity contribution < 1.29 is 30.5 Å². The quantitative estimate of drug-likeness (QED) is 0.195. The first-order valence-corrected chi connectivity index (χ1v) is 11.3. The molecule has 1 aliphatic rings. The number of para-hydroxylation sites is 2. The van der Waals surface area contributed by atoms with E-state index in [1.165, 1.54) is 0 Å². The van der Waals surface area contributed by atoms with E-state index in [-0.39, 0.29) is 27.3 Å². The molecule has 34 heavy (non-hydrogen) atoms. The maximum absolute atomic E-state index is 6.08. The molecule has 0 saturated carbocycles. The predicted molar refractivity (Wildman–Crippen MR) is 129 cm³/mol. The minimum atomic E-state index is -0.144. The Morgan fingerprint density at radius 3 is 2.44 bits per heavy atom. The summed E-state index contributed by atoms with van der Waals surface area (Å²) in [7, 11) is 0. The second kappa shape index (κ2) is 9.92. The van der Waals surface area contributed by atoms with E-state index >= 15 is 0 Å². The molecule has 166 valence electrons. The Morgan fingerprint density at radius 2 is 1.59 bits per heavy atom. The minimum Gasteiger partial charge on any atom is -0.547 e. The zero-order chi connectivity index (χ0) is 22.0. The van der Waals surface area contributed by atoms with Crippen LogP contribution in [0.5, 0.6) is 17.2 Å². The van der Waals surface area contributed by atoms with E-state index in [4.69, 9.17) is 9.39 Å². The Bertz CT molecular complexity index is 1410. The second-order valence-electron chi connectivity index (χ2n) is 7.40. The molecular formula is C26H16BN3O2PtS. The van der Waals surface area contributed by atoms with Gasteiger partial charge >= 0.3 is 27.3 Å². The maximum atomic E-state index is 6.08. The van der Waals surface area contributed by atoms with Crippen molar-refractivity contribution in [3.63, 3.8) is 0 Å². The van der Waals surface area contributed by atoms with E-state index in [1.54, 1.807) is 16.3 Å². The molecule has 0 aliphatic carbocycles. The van der Waals surface area contributed by atoms with E-state index in [0.717, 1.165) is 33.1 Å². The molecule has 0 amide bonds. The van der Waals surface area contributed by atoms with Crippen molar-refractivity contribution in [2.75, 3.05) is 0 Å². The summed E-state index contributed by atoms with van der Waals surface area (Å²) < 4.78 is 13.9. The maximum Gasteiger partial charge on any atom is 2.00 e. The molecule has 5 aromatic rings.